The number of nitro groups is 1. The molecule has 0 unspecified atom stereocenters. The van der Waals surface area contributed by atoms with Gasteiger partial charge in [-0.15, -0.1) is 12.4 Å². The first-order chi connectivity index (χ1) is 7.63. The van der Waals surface area contributed by atoms with E-state index >= 15 is 0 Å². The fourth-order valence-electron chi connectivity index (χ4n) is 1.85. The largest absolute Gasteiger partial charge is 0.322 e. The van der Waals surface area contributed by atoms with Crippen LogP contribution in [0.2, 0.25) is 0 Å². The summed E-state index contributed by atoms with van der Waals surface area (Å²) in [6.45, 7) is 0.467. The minimum absolute atomic E-state index is 0. The predicted octanol–water partition coefficient (Wildman–Crippen LogP) is 0.864. The molecule has 92 valence electrons. The Morgan fingerprint density at radius 3 is 2.82 bits per heavy atom. The summed E-state index contributed by atoms with van der Waals surface area (Å²) in [5.74, 6) is -0.209. The molecule has 1 aliphatic heterocycles. The van der Waals surface area contributed by atoms with E-state index in [9.17, 15) is 14.9 Å². The second-order valence-electron chi connectivity index (χ2n) is 3.57. The maximum atomic E-state index is 11.5. The molecule has 0 atom stereocenters. The number of fused-ring (bicyclic) bond motifs is 1. The maximum absolute atomic E-state index is 11.5. The van der Waals surface area contributed by atoms with E-state index in [0.717, 1.165) is 12.0 Å². The van der Waals surface area contributed by atoms with Gasteiger partial charge in [0.15, 0.2) is 0 Å². The Morgan fingerprint density at radius 1 is 1.53 bits per heavy atom. The molecule has 1 heterocycles. The summed E-state index contributed by atoms with van der Waals surface area (Å²) in [6, 6.07) is 4.57. The molecule has 0 radical (unpaired) electrons. The molecule has 2 rings (SSSR count). The molecule has 0 aromatic heterocycles. The Bertz CT molecular complexity index is 464. The second-order valence-corrected chi connectivity index (χ2v) is 3.57. The van der Waals surface area contributed by atoms with Crippen LogP contribution in [-0.2, 0) is 11.2 Å². The minimum atomic E-state index is -0.469. The number of anilines is 1. The van der Waals surface area contributed by atoms with Crippen LogP contribution in [0.4, 0.5) is 11.4 Å². The number of carbonyl (C=O) groups is 1. The molecule has 7 heteroatoms. The Balaban J connectivity index is 0.00000144. The van der Waals surface area contributed by atoms with Crippen LogP contribution in [0, 0.1) is 10.1 Å². The van der Waals surface area contributed by atoms with Crippen LogP contribution in [0.5, 0.6) is 0 Å². The zero-order chi connectivity index (χ0) is 11.7. The number of benzene rings is 1. The summed E-state index contributed by atoms with van der Waals surface area (Å²) in [5.41, 5.74) is 6.84. The number of rotatable bonds is 2. The summed E-state index contributed by atoms with van der Waals surface area (Å²) >= 11 is 0. The molecule has 6 nitrogen and oxygen atoms in total. The summed E-state index contributed by atoms with van der Waals surface area (Å²) < 4.78 is 0. The van der Waals surface area contributed by atoms with E-state index in [1.807, 2.05) is 0 Å². The van der Waals surface area contributed by atoms with Crippen molar-refractivity contribution >= 4 is 29.7 Å². The third-order valence-corrected chi connectivity index (χ3v) is 2.65. The van der Waals surface area contributed by atoms with E-state index < -0.39 is 4.92 Å². The van der Waals surface area contributed by atoms with Crippen LogP contribution in [0.25, 0.3) is 0 Å². The Kier molecular flexibility index (Phi) is 4.03. The monoisotopic (exact) mass is 257 g/mol. The number of carbonyl (C=O) groups excluding carboxylic acids is 1. The van der Waals surface area contributed by atoms with E-state index in [1.165, 1.54) is 17.0 Å². The minimum Gasteiger partial charge on any atom is -0.322 e. The normalized spacial score (nSPS) is 12.9. The fraction of sp³-hybridized carbons (Fsp3) is 0.300. The summed E-state index contributed by atoms with van der Waals surface area (Å²) in [5, 5.41) is 10.6. The van der Waals surface area contributed by atoms with Gasteiger partial charge in [0.1, 0.15) is 0 Å². The van der Waals surface area contributed by atoms with Crippen molar-refractivity contribution in [1.29, 1.82) is 0 Å². The van der Waals surface area contributed by atoms with E-state index in [-0.39, 0.29) is 30.5 Å². The number of nitrogens with two attached hydrogens (primary N) is 1. The molecular formula is C10H12ClN3O3. The average molecular weight is 258 g/mol. The Labute approximate surface area is 104 Å². The Hall–Kier alpha value is -1.66. The van der Waals surface area contributed by atoms with Gasteiger partial charge in [0, 0.05) is 18.7 Å². The first-order valence-electron chi connectivity index (χ1n) is 4.91. The van der Waals surface area contributed by atoms with E-state index in [0.29, 0.717) is 12.2 Å². The van der Waals surface area contributed by atoms with Crippen molar-refractivity contribution in [1.82, 2.24) is 0 Å². The third-order valence-electron chi connectivity index (χ3n) is 2.65. The maximum Gasteiger partial charge on any atom is 0.271 e. The van der Waals surface area contributed by atoms with E-state index in [4.69, 9.17) is 5.73 Å². The number of amides is 1. The lowest BCUT2D eigenvalue weighted by atomic mass is 10.1. The Morgan fingerprint density at radius 2 is 2.24 bits per heavy atom. The van der Waals surface area contributed by atoms with Crippen molar-refractivity contribution in [3.8, 4) is 0 Å². The standard InChI is InChI=1S/C10H11N3O3.ClH/c11-6-10(14)12-4-3-7-1-2-8(13(15)16)5-9(7)12;/h1-2,5H,3-4,6,11H2;1H. The molecule has 0 fully saturated rings. The zero-order valence-corrected chi connectivity index (χ0v) is 9.77. The van der Waals surface area contributed by atoms with Crippen LogP contribution < -0.4 is 10.6 Å². The molecule has 2 N–H and O–H groups in total. The number of nitrogens with zero attached hydrogens (tertiary/aromatic N) is 2. The van der Waals surface area contributed by atoms with Gasteiger partial charge in [0.2, 0.25) is 5.91 Å². The number of hydrogen-bond acceptors (Lipinski definition) is 4. The van der Waals surface area contributed by atoms with Crippen molar-refractivity contribution in [3.63, 3.8) is 0 Å². The van der Waals surface area contributed by atoms with Gasteiger partial charge in [0.05, 0.1) is 17.2 Å². The van der Waals surface area contributed by atoms with Gasteiger partial charge in [-0.25, -0.2) is 0 Å². The average Bonchev–Trinajstić information content (AvgIpc) is 2.70. The van der Waals surface area contributed by atoms with E-state index in [2.05, 4.69) is 0 Å². The van der Waals surface area contributed by atoms with Gasteiger partial charge >= 0.3 is 0 Å². The highest BCUT2D eigenvalue weighted by molar-refractivity contribution is 5.97. The first kappa shape index (κ1) is 13.4. The van der Waals surface area contributed by atoms with Crippen molar-refractivity contribution in [3.05, 3.63) is 33.9 Å². The molecule has 0 aliphatic carbocycles. The second kappa shape index (κ2) is 5.11. The SMILES string of the molecule is Cl.NCC(=O)N1CCc2ccc([N+](=O)[O-])cc21. The highest BCUT2D eigenvalue weighted by atomic mass is 35.5. The molecule has 1 aromatic rings. The number of nitro benzene ring substituents is 1. The molecule has 1 aliphatic rings. The van der Waals surface area contributed by atoms with Crippen LogP contribution >= 0.6 is 12.4 Å². The van der Waals surface area contributed by atoms with Gasteiger partial charge in [-0.1, -0.05) is 6.07 Å². The van der Waals surface area contributed by atoms with Gasteiger partial charge in [0.25, 0.3) is 5.69 Å². The highest BCUT2D eigenvalue weighted by Crippen LogP contribution is 2.31. The van der Waals surface area contributed by atoms with Crippen LogP contribution in [0.3, 0.4) is 0 Å². The van der Waals surface area contributed by atoms with Gasteiger partial charge < -0.3 is 10.6 Å². The van der Waals surface area contributed by atoms with Crippen molar-refractivity contribution in [2.75, 3.05) is 18.0 Å². The molecule has 1 aromatic carbocycles. The zero-order valence-electron chi connectivity index (χ0n) is 8.96. The molecular weight excluding hydrogens is 246 g/mol. The smallest absolute Gasteiger partial charge is 0.271 e. The third kappa shape index (κ3) is 2.37. The van der Waals surface area contributed by atoms with Gasteiger partial charge in [-0.05, 0) is 12.0 Å². The summed E-state index contributed by atoms with van der Waals surface area (Å²) in [6.07, 6.45) is 0.721. The van der Waals surface area contributed by atoms with Crippen LogP contribution in [0.15, 0.2) is 18.2 Å². The number of non-ortho nitro benzene ring substituents is 1. The highest BCUT2D eigenvalue weighted by Gasteiger charge is 2.25. The first-order valence-corrected chi connectivity index (χ1v) is 4.91. The van der Waals surface area contributed by atoms with E-state index in [1.54, 1.807) is 6.07 Å². The number of halogens is 1. The lowest BCUT2D eigenvalue weighted by molar-refractivity contribution is -0.384. The van der Waals surface area contributed by atoms with Crippen molar-refractivity contribution < 1.29 is 9.72 Å². The number of hydrogen-bond donors (Lipinski definition) is 1. The van der Waals surface area contributed by atoms with Crippen LogP contribution in [-0.4, -0.2) is 23.9 Å². The topological polar surface area (TPSA) is 89.5 Å². The quantitative estimate of drug-likeness (QED) is 0.629. The summed E-state index contributed by atoms with van der Waals surface area (Å²) in [4.78, 5) is 23.1. The molecule has 0 bridgehead atoms. The fourth-order valence-corrected chi connectivity index (χ4v) is 1.85. The van der Waals surface area contributed by atoms with Gasteiger partial charge in [-0.3, -0.25) is 14.9 Å². The lowest BCUT2D eigenvalue weighted by Crippen LogP contribution is -2.34. The summed E-state index contributed by atoms with van der Waals surface area (Å²) in [7, 11) is 0. The van der Waals surface area contributed by atoms with Crippen LogP contribution in [0.1, 0.15) is 5.56 Å². The molecule has 0 saturated heterocycles. The molecule has 0 saturated carbocycles. The van der Waals surface area contributed by atoms with Crippen molar-refractivity contribution in [2.45, 2.75) is 6.42 Å². The van der Waals surface area contributed by atoms with Gasteiger partial charge in [-0.2, -0.15) is 0 Å². The molecule has 0 spiro atoms. The molecule has 17 heavy (non-hydrogen) atoms. The lowest BCUT2D eigenvalue weighted by Gasteiger charge is -2.15. The molecule has 1 amide bonds. The van der Waals surface area contributed by atoms with Crippen molar-refractivity contribution in [2.24, 2.45) is 5.73 Å². The predicted molar refractivity (Wildman–Crippen MR) is 65.5 cm³/mol.